The fraction of sp³-hybridized carbons (Fsp3) is 0.364. The molecule has 6 heteroatoms. The van der Waals surface area contributed by atoms with Crippen molar-refractivity contribution in [2.75, 3.05) is 0 Å². The van der Waals surface area contributed by atoms with Crippen LogP contribution in [0.25, 0.3) is 0 Å². The molecule has 0 saturated heterocycles. The molecule has 0 aromatic carbocycles. The number of aryl methyl sites for hydroxylation is 1. The zero-order valence-corrected chi connectivity index (χ0v) is 9.73. The molecule has 2 amide bonds. The molecule has 1 aromatic rings. The lowest BCUT2D eigenvalue weighted by Gasteiger charge is -2.11. The summed E-state index contributed by atoms with van der Waals surface area (Å²) in [7, 11) is 0. The zero-order chi connectivity index (χ0) is 12.8. The third-order valence-electron chi connectivity index (χ3n) is 2.29. The van der Waals surface area contributed by atoms with Gasteiger partial charge in [0.05, 0.1) is 0 Å². The van der Waals surface area contributed by atoms with Crippen LogP contribution in [0.15, 0.2) is 18.5 Å². The summed E-state index contributed by atoms with van der Waals surface area (Å²) in [4.78, 5) is 25.8. The van der Waals surface area contributed by atoms with Gasteiger partial charge in [-0.15, -0.1) is 0 Å². The number of carbonyl (C=O) groups excluding carboxylic acids is 1. The number of carbonyl (C=O) groups is 2. The minimum Gasteiger partial charge on any atom is -0.480 e. The summed E-state index contributed by atoms with van der Waals surface area (Å²) in [6, 6.07) is 0.389. The van der Waals surface area contributed by atoms with E-state index in [1.165, 1.54) is 6.92 Å². The molecule has 0 radical (unpaired) electrons. The highest BCUT2D eigenvalue weighted by Gasteiger charge is 2.13. The van der Waals surface area contributed by atoms with Crippen LogP contribution in [-0.2, 0) is 11.3 Å². The second-order valence-corrected chi connectivity index (χ2v) is 3.69. The lowest BCUT2D eigenvalue weighted by atomic mass is 10.1. The Morgan fingerprint density at radius 1 is 1.53 bits per heavy atom. The van der Waals surface area contributed by atoms with Crippen molar-refractivity contribution in [2.45, 2.75) is 26.4 Å². The van der Waals surface area contributed by atoms with Crippen LogP contribution >= 0.6 is 0 Å². The number of nitrogens with one attached hydrogen (secondary N) is 2. The number of carboxylic acid groups (broad SMARTS) is 1. The lowest BCUT2D eigenvalue weighted by Crippen LogP contribution is -2.44. The van der Waals surface area contributed by atoms with E-state index in [2.05, 4.69) is 15.6 Å². The van der Waals surface area contributed by atoms with E-state index >= 15 is 0 Å². The monoisotopic (exact) mass is 237 g/mol. The summed E-state index contributed by atoms with van der Waals surface area (Å²) in [6.45, 7) is 3.63. The second kappa shape index (κ2) is 5.83. The topological polar surface area (TPSA) is 91.3 Å². The highest BCUT2D eigenvalue weighted by atomic mass is 16.4. The van der Waals surface area contributed by atoms with Gasteiger partial charge in [0.1, 0.15) is 6.04 Å². The van der Waals surface area contributed by atoms with Gasteiger partial charge in [-0.3, -0.25) is 9.78 Å². The maximum Gasteiger partial charge on any atom is 0.325 e. The molecule has 0 aliphatic rings. The minimum absolute atomic E-state index is 0.340. The highest BCUT2D eigenvalue weighted by Crippen LogP contribution is 2.03. The number of amides is 2. The Morgan fingerprint density at radius 2 is 2.24 bits per heavy atom. The van der Waals surface area contributed by atoms with Crippen molar-refractivity contribution >= 4 is 12.0 Å². The van der Waals surface area contributed by atoms with E-state index in [4.69, 9.17) is 5.11 Å². The number of urea groups is 1. The molecule has 1 aromatic heterocycles. The summed E-state index contributed by atoms with van der Waals surface area (Å²) in [5.74, 6) is -1.07. The van der Waals surface area contributed by atoms with E-state index in [-0.39, 0.29) is 0 Å². The van der Waals surface area contributed by atoms with Crippen LogP contribution < -0.4 is 10.6 Å². The van der Waals surface area contributed by atoms with E-state index in [9.17, 15) is 9.59 Å². The summed E-state index contributed by atoms with van der Waals surface area (Å²) in [5.41, 5.74) is 1.91. The molecule has 3 N–H and O–H groups in total. The van der Waals surface area contributed by atoms with Gasteiger partial charge >= 0.3 is 12.0 Å². The molecule has 17 heavy (non-hydrogen) atoms. The van der Waals surface area contributed by atoms with Crippen molar-refractivity contribution in [3.05, 3.63) is 29.6 Å². The number of hydrogen-bond donors (Lipinski definition) is 3. The molecule has 0 saturated carbocycles. The summed E-state index contributed by atoms with van der Waals surface area (Å²) >= 11 is 0. The Balaban J connectivity index is 2.44. The number of nitrogens with zero attached hydrogens (tertiary/aromatic N) is 1. The van der Waals surface area contributed by atoms with E-state index in [0.29, 0.717) is 6.54 Å². The Hall–Kier alpha value is -2.11. The quantitative estimate of drug-likeness (QED) is 0.717. The zero-order valence-electron chi connectivity index (χ0n) is 9.73. The van der Waals surface area contributed by atoms with Crippen LogP contribution in [0, 0.1) is 6.92 Å². The molecule has 0 aliphatic heterocycles. The van der Waals surface area contributed by atoms with Crippen LogP contribution in [0.2, 0.25) is 0 Å². The van der Waals surface area contributed by atoms with Crippen molar-refractivity contribution in [2.24, 2.45) is 0 Å². The fourth-order valence-corrected chi connectivity index (χ4v) is 1.19. The summed E-state index contributed by atoms with van der Waals surface area (Å²) in [5, 5.41) is 13.5. The van der Waals surface area contributed by atoms with Crippen LogP contribution in [0.5, 0.6) is 0 Å². The number of aromatic nitrogens is 1. The first kappa shape index (κ1) is 13.0. The third kappa shape index (κ3) is 4.10. The van der Waals surface area contributed by atoms with Crippen LogP contribution in [-0.4, -0.2) is 28.1 Å². The van der Waals surface area contributed by atoms with Crippen molar-refractivity contribution < 1.29 is 14.7 Å². The second-order valence-electron chi connectivity index (χ2n) is 3.69. The van der Waals surface area contributed by atoms with Gasteiger partial charge in [0.15, 0.2) is 0 Å². The van der Waals surface area contributed by atoms with Gasteiger partial charge in [-0.05, 0) is 31.0 Å². The molecule has 0 aliphatic carbocycles. The standard InChI is InChI=1S/C11H15N3O3/c1-7-5-12-4-3-9(7)6-13-11(17)14-8(2)10(15)16/h3-5,8H,6H2,1-2H3,(H,15,16)(H2,13,14,17)/t8-/m1/s1. The number of hydrogen-bond acceptors (Lipinski definition) is 3. The summed E-state index contributed by atoms with van der Waals surface area (Å²) < 4.78 is 0. The number of rotatable bonds is 4. The van der Waals surface area contributed by atoms with E-state index in [1.807, 2.05) is 6.92 Å². The predicted molar refractivity (Wildman–Crippen MR) is 61.4 cm³/mol. The van der Waals surface area contributed by atoms with Gasteiger partial charge in [0.25, 0.3) is 0 Å². The number of aliphatic carboxylic acids is 1. The number of carboxylic acids is 1. The number of pyridine rings is 1. The van der Waals surface area contributed by atoms with Crippen LogP contribution in [0.4, 0.5) is 4.79 Å². The smallest absolute Gasteiger partial charge is 0.325 e. The van der Waals surface area contributed by atoms with Gasteiger partial charge in [0, 0.05) is 18.9 Å². The molecule has 1 atom stereocenters. The Kier molecular flexibility index (Phi) is 4.45. The Bertz CT molecular complexity index is 420. The van der Waals surface area contributed by atoms with Crippen molar-refractivity contribution in [3.8, 4) is 0 Å². The normalized spacial score (nSPS) is 11.6. The SMILES string of the molecule is Cc1cnccc1CNC(=O)N[C@H](C)C(=O)O. The summed E-state index contributed by atoms with van der Waals surface area (Å²) in [6.07, 6.45) is 3.34. The highest BCUT2D eigenvalue weighted by molar-refractivity contribution is 5.82. The van der Waals surface area contributed by atoms with Gasteiger partial charge in [0.2, 0.25) is 0 Å². The average molecular weight is 237 g/mol. The van der Waals surface area contributed by atoms with Gasteiger partial charge in [-0.2, -0.15) is 0 Å². The molecular formula is C11H15N3O3. The van der Waals surface area contributed by atoms with Gasteiger partial charge in [-0.25, -0.2) is 4.79 Å². The molecule has 0 spiro atoms. The van der Waals surface area contributed by atoms with Crippen LogP contribution in [0.3, 0.4) is 0 Å². The largest absolute Gasteiger partial charge is 0.480 e. The molecule has 1 rings (SSSR count). The van der Waals surface area contributed by atoms with Gasteiger partial charge < -0.3 is 15.7 Å². The molecule has 0 fully saturated rings. The fourth-order valence-electron chi connectivity index (χ4n) is 1.19. The molecule has 0 unspecified atom stereocenters. The third-order valence-corrected chi connectivity index (χ3v) is 2.29. The van der Waals surface area contributed by atoms with Gasteiger partial charge in [-0.1, -0.05) is 0 Å². The minimum atomic E-state index is -1.07. The first-order valence-electron chi connectivity index (χ1n) is 5.17. The van der Waals surface area contributed by atoms with Crippen LogP contribution in [0.1, 0.15) is 18.1 Å². The molecular weight excluding hydrogens is 222 g/mol. The van der Waals surface area contributed by atoms with Crippen molar-refractivity contribution in [1.29, 1.82) is 0 Å². The van der Waals surface area contributed by atoms with Crippen molar-refractivity contribution in [3.63, 3.8) is 0 Å². The molecule has 1 heterocycles. The molecule has 6 nitrogen and oxygen atoms in total. The Labute approximate surface area is 99.1 Å². The maximum atomic E-state index is 11.3. The maximum absolute atomic E-state index is 11.3. The lowest BCUT2D eigenvalue weighted by molar-refractivity contribution is -0.138. The van der Waals surface area contributed by atoms with E-state index < -0.39 is 18.0 Å². The van der Waals surface area contributed by atoms with E-state index in [0.717, 1.165) is 11.1 Å². The molecule has 92 valence electrons. The molecule has 0 bridgehead atoms. The Morgan fingerprint density at radius 3 is 2.82 bits per heavy atom. The predicted octanol–water partition coefficient (Wildman–Crippen LogP) is 0.662. The van der Waals surface area contributed by atoms with Crippen molar-refractivity contribution in [1.82, 2.24) is 15.6 Å². The average Bonchev–Trinajstić information content (AvgIpc) is 2.27. The van der Waals surface area contributed by atoms with E-state index in [1.54, 1.807) is 18.5 Å². The first-order chi connectivity index (χ1) is 8.00. The first-order valence-corrected chi connectivity index (χ1v) is 5.17.